The summed E-state index contributed by atoms with van der Waals surface area (Å²) in [6.45, 7) is 12.3. The van der Waals surface area contributed by atoms with Crippen LogP contribution in [0.1, 0.15) is 26.3 Å². The average Bonchev–Trinajstić information content (AvgIpc) is 2.56. The number of thioether (sulfide) groups is 1. The molecule has 1 saturated heterocycles. The summed E-state index contributed by atoms with van der Waals surface area (Å²) in [6, 6.07) is 8.70. The molecule has 1 aliphatic rings. The molecule has 0 atom stereocenters. The molecule has 0 spiro atoms. The van der Waals surface area contributed by atoms with Crippen LogP contribution in [0.5, 0.6) is 0 Å². The van der Waals surface area contributed by atoms with Crippen molar-refractivity contribution >= 4 is 39.8 Å². The van der Waals surface area contributed by atoms with E-state index in [9.17, 15) is 0 Å². The van der Waals surface area contributed by atoms with Gasteiger partial charge in [0.1, 0.15) is 4.99 Å². The van der Waals surface area contributed by atoms with E-state index in [2.05, 4.69) is 59.8 Å². The summed E-state index contributed by atoms with van der Waals surface area (Å²) in [5.41, 5.74) is 8.30. The van der Waals surface area contributed by atoms with Crippen LogP contribution in [0.2, 0.25) is 0 Å². The van der Waals surface area contributed by atoms with Gasteiger partial charge in [0.2, 0.25) is 0 Å². The highest BCUT2D eigenvalue weighted by atomic mass is 32.2. The van der Waals surface area contributed by atoms with E-state index in [1.54, 1.807) is 0 Å². The van der Waals surface area contributed by atoms with E-state index in [0.717, 1.165) is 37.8 Å². The Hall–Kier alpha value is -1.11. The lowest BCUT2D eigenvalue weighted by molar-refractivity contribution is 0.231. The number of amidine groups is 1. The largest absolute Gasteiger partial charge is 0.378 e. The monoisotopic (exact) mass is 378 g/mol. The molecule has 2 rings (SSSR count). The number of thiocarbonyl (C=S) groups is 1. The first kappa shape index (κ1) is 20.2. The molecule has 2 N–H and O–H groups in total. The molecule has 1 heterocycles. The summed E-state index contributed by atoms with van der Waals surface area (Å²) in [5, 5.41) is 0.559. The van der Waals surface area contributed by atoms with E-state index in [1.807, 2.05) is 0 Å². The first-order valence-corrected chi connectivity index (χ1v) is 10.4. The van der Waals surface area contributed by atoms with Crippen LogP contribution < -0.4 is 10.6 Å². The van der Waals surface area contributed by atoms with Crippen LogP contribution in [-0.4, -0.2) is 53.5 Å². The highest BCUT2D eigenvalue weighted by molar-refractivity contribution is 8.13. The van der Waals surface area contributed by atoms with Crippen LogP contribution in [0.25, 0.3) is 0 Å². The van der Waals surface area contributed by atoms with Crippen molar-refractivity contribution in [3.63, 3.8) is 0 Å². The summed E-state index contributed by atoms with van der Waals surface area (Å²) < 4.78 is 0. The van der Waals surface area contributed by atoms with E-state index in [-0.39, 0.29) is 0 Å². The number of rotatable bonds is 6. The van der Waals surface area contributed by atoms with E-state index in [1.165, 1.54) is 29.6 Å². The zero-order valence-corrected chi connectivity index (χ0v) is 17.2. The minimum absolute atomic E-state index is 0.559. The zero-order chi connectivity index (χ0) is 18.2. The van der Waals surface area contributed by atoms with Crippen LogP contribution in [0.15, 0.2) is 29.3 Å². The summed E-state index contributed by atoms with van der Waals surface area (Å²) in [5.74, 6) is 1.65. The van der Waals surface area contributed by atoms with Crippen molar-refractivity contribution in [3.05, 3.63) is 29.8 Å². The molecule has 0 unspecified atom stereocenters. The molecule has 0 bridgehead atoms. The Kier molecular flexibility index (Phi) is 8.19. The number of piperazine rings is 1. The highest BCUT2D eigenvalue weighted by Gasteiger charge is 2.17. The second-order valence-electron chi connectivity index (χ2n) is 6.80. The second-order valence-corrected chi connectivity index (χ2v) is 8.56. The quantitative estimate of drug-likeness (QED) is 0.467. The third-order valence-corrected chi connectivity index (χ3v) is 5.09. The van der Waals surface area contributed by atoms with Crippen molar-refractivity contribution in [1.82, 2.24) is 4.90 Å². The first-order chi connectivity index (χ1) is 12.0. The lowest BCUT2D eigenvalue weighted by Crippen LogP contribution is -2.47. The summed E-state index contributed by atoms with van der Waals surface area (Å²) in [7, 11) is 0. The molecule has 1 aromatic carbocycles. The number of benzene rings is 1. The molecule has 1 fully saturated rings. The SMILES string of the molecule is CCSC(N)=NC(=S)Cc1ccc(N2CCN(CC(C)C)CC2)cc1. The molecule has 0 saturated carbocycles. The Morgan fingerprint density at radius 1 is 1.20 bits per heavy atom. The van der Waals surface area contributed by atoms with Crippen molar-refractivity contribution in [3.8, 4) is 0 Å². The molecule has 25 heavy (non-hydrogen) atoms. The fourth-order valence-corrected chi connectivity index (χ4v) is 3.84. The fraction of sp³-hybridized carbons (Fsp3) is 0.579. The normalized spacial score (nSPS) is 16.5. The van der Waals surface area contributed by atoms with Crippen LogP contribution in [0, 0.1) is 5.92 Å². The predicted octanol–water partition coefficient (Wildman–Crippen LogP) is 3.40. The van der Waals surface area contributed by atoms with Crippen molar-refractivity contribution in [2.24, 2.45) is 16.6 Å². The maximum Gasteiger partial charge on any atom is 0.159 e. The second kappa shape index (κ2) is 10.1. The Labute approximate surface area is 161 Å². The topological polar surface area (TPSA) is 44.9 Å². The van der Waals surface area contributed by atoms with Gasteiger partial charge in [0.25, 0.3) is 0 Å². The minimum Gasteiger partial charge on any atom is -0.378 e. The van der Waals surface area contributed by atoms with E-state index in [4.69, 9.17) is 18.0 Å². The van der Waals surface area contributed by atoms with Crippen LogP contribution in [0.4, 0.5) is 5.69 Å². The van der Waals surface area contributed by atoms with Gasteiger partial charge in [-0.2, -0.15) is 0 Å². The third kappa shape index (κ3) is 6.96. The van der Waals surface area contributed by atoms with Crippen LogP contribution in [-0.2, 0) is 6.42 Å². The third-order valence-electron chi connectivity index (χ3n) is 4.18. The number of hydrogen-bond donors (Lipinski definition) is 1. The van der Waals surface area contributed by atoms with Gasteiger partial charge in [-0.3, -0.25) is 4.90 Å². The lowest BCUT2D eigenvalue weighted by Gasteiger charge is -2.36. The number of nitrogens with two attached hydrogens (primary N) is 1. The van der Waals surface area contributed by atoms with Gasteiger partial charge >= 0.3 is 0 Å². The van der Waals surface area contributed by atoms with Gasteiger partial charge in [-0.05, 0) is 29.4 Å². The molecule has 0 amide bonds. The summed E-state index contributed by atoms with van der Waals surface area (Å²) in [4.78, 5) is 9.95. The number of anilines is 1. The van der Waals surface area contributed by atoms with Gasteiger partial charge in [-0.15, -0.1) is 0 Å². The van der Waals surface area contributed by atoms with Crippen molar-refractivity contribution in [2.75, 3.05) is 43.4 Å². The first-order valence-electron chi connectivity index (χ1n) is 9.04. The Bertz CT molecular complexity index is 576. The van der Waals surface area contributed by atoms with Gasteiger partial charge in [0.15, 0.2) is 5.17 Å². The molecule has 4 nitrogen and oxygen atoms in total. The molecule has 138 valence electrons. The van der Waals surface area contributed by atoms with E-state index < -0.39 is 0 Å². The Morgan fingerprint density at radius 3 is 2.40 bits per heavy atom. The Balaban J connectivity index is 1.86. The fourth-order valence-electron chi connectivity index (χ4n) is 3.05. The minimum atomic E-state index is 0.559. The van der Waals surface area contributed by atoms with Crippen molar-refractivity contribution < 1.29 is 0 Å². The maximum absolute atomic E-state index is 5.82. The smallest absolute Gasteiger partial charge is 0.159 e. The number of aliphatic imine (C=N–C) groups is 1. The molecule has 0 radical (unpaired) electrons. The average molecular weight is 379 g/mol. The zero-order valence-electron chi connectivity index (χ0n) is 15.6. The maximum atomic E-state index is 5.82. The lowest BCUT2D eigenvalue weighted by atomic mass is 10.1. The predicted molar refractivity (Wildman–Crippen MR) is 116 cm³/mol. The van der Waals surface area contributed by atoms with Crippen molar-refractivity contribution in [1.29, 1.82) is 0 Å². The van der Waals surface area contributed by atoms with Gasteiger partial charge < -0.3 is 10.6 Å². The Morgan fingerprint density at radius 2 is 1.84 bits per heavy atom. The van der Waals surface area contributed by atoms with E-state index in [0.29, 0.717) is 16.6 Å². The molecule has 1 aromatic rings. The molecule has 0 aromatic heterocycles. The summed E-state index contributed by atoms with van der Waals surface area (Å²) in [6.07, 6.45) is 0.669. The van der Waals surface area contributed by atoms with Crippen LogP contribution >= 0.6 is 24.0 Å². The van der Waals surface area contributed by atoms with Crippen LogP contribution in [0.3, 0.4) is 0 Å². The molecular formula is C19H30N4S2. The van der Waals surface area contributed by atoms with Gasteiger partial charge in [0, 0.05) is 44.8 Å². The van der Waals surface area contributed by atoms with Gasteiger partial charge in [-0.25, -0.2) is 4.99 Å². The standard InChI is InChI=1S/C19H30N4S2/c1-4-25-19(20)21-18(24)13-16-5-7-17(8-6-16)23-11-9-22(10-12-23)14-15(2)3/h5-8,15H,4,9-14H2,1-3H3,(H2,20,21,24). The number of hydrogen-bond acceptors (Lipinski definition) is 4. The molecular weight excluding hydrogens is 348 g/mol. The van der Waals surface area contributed by atoms with Gasteiger partial charge in [0.05, 0.1) is 0 Å². The van der Waals surface area contributed by atoms with E-state index >= 15 is 0 Å². The number of nitrogens with zero attached hydrogens (tertiary/aromatic N) is 3. The molecule has 6 heteroatoms. The molecule has 1 aliphatic heterocycles. The van der Waals surface area contributed by atoms with Crippen molar-refractivity contribution in [2.45, 2.75) is 27.2 Å². The highest BCUT2D eigenvalue weighted by Crippen LogP contribution is 2.18. The molecule has 0 aliphatic carbocycles. The summed E-state index contributed by atoms with van der Waals surface area (Å²) >= 11 is 6.86. The van der Waals surface area contributed by atoms with Gasteiger partial charge in [-0.1, -0.05) is 56.9 Å².